The van der Waals surface area contributed by atoms with Gasteiger partial charge in [-0.15, -0.1) is 0 Å². The number of carbonyl (C=O) groups is 1. The highest BCUT2D eigenvalue weighted by atomic mass is 79.9. The van der Waals surface area contributed by atoms with Crippen molar-refractivity contribution in [2.75, 3.05) is 16.2 Å². The molecule has 0 aromatic heterocycles. The number of anilines is 2. The van der Waals surface area contributed by atoms with E-state index in [0.29, 0.717) is 27.3 Å². The van der Waals surface area contributed by atoms with Gasteiger partial charge in [-0.3, -0.25) is 9.10 Å². The van der Waals surface area contributed by atoms with Crippen LogP contribution in [0.25, 0.3) is 0 Å². The molecule has 34 heavy (non-hydrogen) atoms. The lowest BCUT2D eigenvalue weighted by molar-refractivity contribution is -0.114. The van der Waals surface area contributed by atoms with Gasteiger partial charge in [0.15, 0.2) is 0 Å². The van der Waals surface area contributed by atoms with Gasteiger partial charge in [-0.1, -0.05) is 58.4 Å². The molecule has 4 aromatic carbocycles. The zero-order valence-electron chi connectivity index (χ0n) is 18.0. The van der Waals surface area contributed by atoms with E-state index in [9.17, 15) is 13.2 Å². The summed E-state index contributed by atoms with van der Waals surface area (Å²) in [5, 5.41) is 2.76. The number of amides is 1. The van der Waals surface area contributed by atoms with Crippen LogP contribution in [0.15, 0.2) is 119 Å². The van der Waals surface area contributed by atoms with E-state index in [1.165, 1.54) is 12.1 Å². The van der Waals surface area contributed by atoms with Crippen LogP contribution < -0.4 is 14.4 Å². The lowest BCUT2D eigenvalue weighted by atomic mass is 10.3. The summed E-state index contributed by atoms with van der Waals surface area (Å²) < 4.78 is 34.3. The molecule has 1 N–H and O–H groups in total. The monoisotopic (exact) mass is 536 g/mol. The van der Waals surface area contributed by atoms with Gasteiger partial charge in [-0.05, 0) is 66.7 Å². The fraction of sp³-hybridized carbons (Fsp3) is 0.0385. The molecule has 0 aliphatic heterocycles. The normalized spacial score (nSPS) is 11.0. The Bertz CT molecular complexity index is 1360. The van der Waals surface area contributed by atoms with Crippen LogP contribution >= 0.6 is 15.9 Å². The van der Waals surface area contributed by atoms with Crippen molar-refractivity contribution in [3.63, 3.8) is 0 Å². The van der Waals surface area contributed by atoms with E-state index in [4.69, 9.17) is 4.74 Å². The lowest BCUT2D eigenvalue weighted by Crippen LogP contribution is -2.38. The Labute approximate surface area is 207 Å². The average Bonchev–Trinajstić information content (AvgIpc) is 2.85. The first-order valence-electron chi connectivity index (χ1n) is 10.4. The van der Waals surface area contributed by atoms with E-state index in [2.05, 4.69) is 21.2 Å². The number of rotatable bonds is 8. The Morgan fingerprint density at radius 2 is 1.41 bits per heavy atom. The molecule has 0 saturated carbocycles. The molecule has 0 aliphatic rings. The Morgan fingerprint density at radius 3 is 2.06 bits per heavy atom. The molecule has 4 rings (SSSR count). The largest absolute Gasteiger partial charge is 0.457 e. The van der Waals surface area contributed by atoms with Crippen molar-refractivity contribution in [1.29, 1.82) is 0 Å². The van der Waals surface area contributed by atoms with Gasteiger partial charge >= 0.3 is 0 Å². The van der Waals surface area contributed by atoms with Gasteiger partial charge in [0.25, 0.3) is 10.0 Å². The maximum Gasteiger partial charge on any atom is 0.264 e. The van der Waals surface area contributed by atoms with Gasteiger partial charge in [0.1, 0.15) is 18.0 Å². The third-order valence-corrected chi connectivity index (χ3v) is 7.11. The van der Waals surface area contributed by atoms with Crippen LogP contribution in [0.5, 0.6) is 11.5 Å². The van der Waals surface area contributed by atoms with Crippen LogP contribution in [0.3, 0.4) is 0 Å². The zero-order chi connectivity index (χ0) is 24.0. The Hall–Kier alpha value is -3.62. The van der Waals surface area contributed by atoms with Crippen molar-refractivity contribution < 1.29 is 17.9 Å². The predicted octanol–water partition coefficient (Wildman–Crippen LogP) is 6.08. The molecule has 1 amide bonds. The number of ether oxygens (including phenoxy) is 1. The minimum Gasteiger partial charge on any atom is -0.457 e. The molecular weight excluding hydrogens is 516 g/mol. The maximum absolute atomic E-state index is 13.4. The number of hydrogen-bond donors (Lipinski definition) is 1. The van der Waals surface area contributed by atoms with Crippen molar-refractivity contribution in [2.45, 2.75) is 4.90 Å². The predicted molar refractivity (Wildman–Crippen MR) is 137 cm³/mol. The second kappa shape index (κ2) is 10.5. The highest BCUT2D eigenvalue weighted by Crippen LogP contribution is 2.27. The molecule has 0 radical (unpaired) electrons. The number of sulfonamides is 1. The number of para-hydroxylation sites is 1. The molecule has 0 unspecified atom stereocenters. The molecule has 0 bridgehead atoms. The van der Waals surface area contributed by atoms with Crippen LogP contribution in [0.4, 0.5) is 11.4 Å². The number of nitrogens with one attached hydrogen (secondary N) is 1. The SMILES string of the molecule is O=C(CN(c1cccc(Br)c1)S(=O)(=O)c1ccccc1)Nc1ccc(Oc2ccccc2)cc1. The summed E-state index contributed by atoms with van der Waals surface area (Å²) in [6, 6.07) is 31.1. The van der Waals surface area contributed by atoms with E-state index < -0.39 is 22.5 Å². The van der Waals surface area contributed by atoms with E-state index in [-0.39, 0.29) is 4.90 Å². The maximum atomic E-state index is 13.4. The van der Waals surface area contributed by atoms with Gasteiger partial charge in [0.05, 0.1) is 10.6 Å². The molecular formula is C26H21BrN2O4S. The molecule has 0 spiro atoms. The Kier molecular flexibility index (Phi) is 7.30. The fourth-order valence-corrected chi connectivity index (χ4v) is 5.05. The summed E-state index contributed by atoms with van der Waals surface area (Å²) in [5.74, 6) is 0.845. The van der Waals surface area contributed by atoms with Crippen LogP contribution in [0.2, 0.25) is 0 Å². The molecule has 4 aromatic rings. The molecule has 0 aliphatic carbocycles. The first kappa shape index (κ1) is 23.5. The summed E-state index contributed by atoms with van der Waals surface area (Å²) >= 11 is 3.37. The summed E-state index contributed by atoms with van der Waals surface area (Å²) in [6.07, 6.45) is 0. The van der Waals surface area contributed by atoms with Crippen molar-refractivity contribution >= 4 is 43.2 Å². The minimum absolute atomic E-state index is 0.102. The van der Waals surface area contributed by atoms with Crippen LogP contribution in [-0.4, -0.2) is 20.9 Å². The summed E-state index contributed by atoms with van der Waals surface area (Å²) in [6.45, 7) is -0.393. The van der Waals surface area contributed by atoms with E-state index in [1.807, 2.05) is 30.3 Å². The highest BCUT2D eigenvalue weighted by Gasteiger charge is 2.27. The Balaban J connectivity index is 1.52. The molecule has 0 fully saturated rings. The summed E-state index contributed by atoms with van der Waals surface area (Å²) in [5.41, 5.74) is 0.900. The number of halogens is 1. The van der Waals surface area contributed by atoms with Crippen LogP contribution in [0.1, 0.15) is 0 Å². The number of hydrogen-bond acceptors (Lipinski definition) is 4. The molecule has 8 heteroatoms. The second-order valence-electron chi connectivity index (χ2n) is 7.29. The molecule has 6 nitrogen and oxygen atoms in total. The van der Waals surface area contributed by atoms with Gasteiger partial charge in [-0.25, -0.2) is 8.42 Å². The van der Waals surface area contributed by atoms with Gasteiger partial charge in [-0.2, -0.15) is 0 Å². The number of nitrogens with zero attached hydrogens (tertiary/aromatic N) is 1. The van der Waals surface area contributed by atoms with Gasteiger partial charge < -0.3 is 10.1 Å². The minimum atomic E-state index is -3.97. The smallest absolute Gasteiger partial charge is 0.264 e. The van der Waals surface area contributed by atoms with E-state index >= 15 is 0 Å². The highest BCUT2D eigenvalue weighted by molar-refractivity contribution is 9.10. The van der Waals surface area contributed by atoms with Gasteiger partial charge in [0, 0.05) is 10.2 Å². The average molecular weight is 537 g/mol. The van der Waals surface area contributed by atoms with E-state index in [0.717, 1.165) is 4.31 Å². The number of benzene rings is 4. The molecule has 0 heterocycles. The van der Waals surface area contributed by atoms with Crippen molar-refractivity contribution in [1.82, 2.24) is 0 Å². The third kappa shape index (κ3) is 5.84. The van der Waals surface area contributed by atoms with E-state index in [1.54, 1.807) is 66.7 Å². The van der Waals surface area contributed by atoms with Crippen molar-refractivity contribution in [3.05, 3.63) is 114 Å². The quantitative estimate of drug-likeness (QED) is 0.296. The molecule has 172 valence electrons. The zero-order valence-corrected chi connectivity index (χ0v) is 20.4. The lowest BCUT2D eigenvalue weighted by Gasteiger charge is -2.24. The third-order valence-electron chi connectivity index (χ3n) is 4.83. The topological polar surface area (TPSA) is 75.7 Å². The summed E-state index contributed by atoms with van der Waals surface area (Å²) in [7, 11) is -3.97. The van der Waals surface area contributed by atoms with Crippen LogP contribution in [0, 0.1) is 0 Å². The molecule has 0 saturated heterocycles. The standard InChI is InChI=1S/C26H21BrN2O4S/c27-20-8-7-9-22(18-20)29(34(31,32)25-12-5-2-6-13-25)19-26(30)28-21-14-16-24(17-15-21)33-23-10-3-1-4-11-23/h1-18H,19H2,(H,28,30). The Morgan fingerprint density at radius 1 is 0.794 bits per heavy atom. The number of carbonyl (C=O) groups excluding carboxylic acids is 1. The molecule has 0 atom stereocenters. The van der Waals surface area contributed by atoms with Crippen molar-refractivity contribution in [3.8, 4) is 11.5 Å². The first-order chi connectivity index (χ1) is 16.4. The summed E-state index contributed by atoms with van der Waals surface area (Å²) in [4.78, 5) is 13.0. The first-order valence-corrected chi connectivity index (χ1v) is 12.6. The second-order valence-corrected chi connectivity index (χ2v) is 10.1. The fourth-order valence-electron chi connectivity index (χ4n) is 3.23. The van der Waals surface area contributed by atoms with Gasteiger partial charge in [0.2, 0.25) is 5.91 Å². The van der Waals surface area contributed by atoms with Crippen molar-refractivity contribution in [2.24, 2.45) is 0 Å². The van der Waals surface area contributed by atoms with Crippen LogP contribution in [-0.2, 0) is 14.8 Å².